The Kier molecular flexibility index (Phi) is 1.68. The van der Waals surface area contributed by atoms with Gasteiger partial charge in [0.25, 0.3) is 0 Å². The Bertz CT molecular complexity index is 227. The van der Waals surface area contributed by atoms with Gasteiger partial charge in [0, 0.05) is 6.04 Å². The Morgan fingerprint density at radius 1 is 1.27 bits per heavy atom. The Morgan fingerprint density at radius 3 is 2.82 bits per heavy atom. The van der Waals surface area contributed by atoms with E-state index in [0.29, 0.717) is 17.4 Å². The smallest absolute Gasteiger partial charge is 0.152 e. The van der Waals surface area contributed by atoms with Gasteiger partial charge in [-0.1, -0.05) is 0 Å². The highest BCUT2D eigenvalue weighted by Crippen LogP contribution is 2.26. The van der Waals surface area contributed by atoms with Crippen molar-refractivity contribution in [1.82, 2.24) is 5.32 Å². The molecule has 0 amide bonds. The van der Waals surface area contributed by atoms with Crippen LogP contribution in [0, 0.1) is 5.92 Å². The third-order valence-electron chi connectivity index (χ3n) is 2.63. The van der Waals surface area contributed by atoms with E-state index in [1.54, 1.807) is 0 Å². The van der Waals surface area contributed by atoms with Gasteiger partial charge in [0.1, 0.15) is 0 Å². The van der Waals surface area contributed by atoms with Crippen molar-refractivity contribution in [1.29, 1.82) is 0 Å². The summed E-state index contributed by atoms with van der Waals surface area (Å²) in [5.74, 6) is 1.20. The zero-order chi connectivity index (χ0) is 7.90. The Labute approximate surface area is 67.1 Å². The fourth-order valence-corrected chi connectivity index (χ4v) is 4.21. The second-order valence-electron chi connectivity index (χ2n) is 3.54. The minimum absolute atomic E-state index is 0.272. The van der Waals surface area contributed by atoms with Crippen molar-refractivity contribution in [2.75, 3.05) is 18.1 Å². The van der Waals surface area contributed by atoms with E-state index in [9.17, 15) is 8.42 Å². The van der Waals surface area contributed by atoms with Gasteiger partial charge in [0.2, 0.25) is 0 Å². The molecule has 2 aliphatic heterocycles. The van der Waals surface area contributed by atoms with Crippen LogP contribution in [-0.4, -0.2) is 32.5 Å². The Hall–Kier alpha value is -0.0900. The van der Waals surface area contributed by atoms with Crippen LogP contribution in [0.15, 0.2) is 0 Å². The third kappa shape index (κ3) is 1.42. The minimum Gasteiger partial charge on any atom is -0.313 e. The quantitative estimate of drug-likeness (QED) is 0.554. The van der Waals surface area contributed by atoms with Crippen molar-refractivity contribution in [2.45, 2.75) is 18.9 Å². The highest BCUT2D eigenvalue weighted by Gasteiger charge is 2.38. The molecule has 0 bridgehead atoms. The topological polar surface area (TPSA) is 46.2 Å². The lowest BCUT2D eigenvalue weighted by molar-refractivity contribution is 0.340. The van der Waals surface area contributed by atoms with Gasteiger partial charge in [-0.3, -0.25) is 0 Å². The van der Waals surface area contributed by atoms with Crippen LogP contribution < -0.4 is 5.32 Å². The maximum atomic E-state index is 11.2. The number of fused-ring (bicyclic) bond motifs is 1. The lowest BCUT2D eigenvalue weighted by atomic mass is 9.94. The first-order valence-corrected chi connectivity index (χ1v) is 5.93. The molecular weight excluding hydrogens is 162 g/mol. The van der Waals surface area contributed by atoms with Gasteiger partial charge in [-0.25, -0.2) is 8.42 Å². The van der Waals surface area contributed by atoms with Crippen molar-refractivity contribution in [3.8, 4) is 0 Å². The van der Waals surface area contributed by atoms with E-state index in [1.807, 2.05) is 0 Å². The van der Waals surface area contributed by atoms with E-state index >= 15 is 0 Å². The van der Waals surface area contributed by atoms with Crippen LogP contribution in [0.5, 0.6) is 0 Å². The average Bonchev–Trinajstić information content (AvgIpc) is 2.21. The molecule has 11 heavy (non-hydrogen) atoms. The molecule has 2 atom stereocenters. The number of nitrogens with one attached hydrogen (secondary N) is 1. The fraction of sp³-hybridized carbons (Fsp3) is 1.00. The van der Waals surface area contributed by atoms with Crippen molar-refractivity contribution in [3.63, 3.8) is 0 Å². The summed E-state index contributed by atoms with van der Waals surface area (Å²) in [5, 5.41) is 3.26. The monoisotopic (exact) mass is 175 g/mol. The van der Waals surface area contributed by atoms with Crippen LogP contribution in [0.4, 0.5) is 0 Å². The van der Waals surface area contributed by atoms with Crippen LogP contribution >= 0.6 is 0 Å². The van der Waals surface area contributed by atoms with Gasteiger partial charge in [-0.15, -0.1) is 0 Å². The predicted molar refractivity (Wildman–Crippen MR) is 43.2 cm³/mol. The van der Waals surface area contributed by atoms with Crippen LogP contribution in [0.1, 0.15) is 12.8 Å². The SMILES string of the molecule is O=S1(=O)C[C@@H]2CCCN[C@@H]2C1. The summed E-state index contributed by atoms with van der Waals surface area (Å²) in [7, 11) is -2.69. The molecule has 64 valence electrons. The highest BCUT2D eigenvalue weighted by molar-refractivity contribution is 7.91. The number of hydrogen-bond acceptors (Lipinski definition) is 3. The summed E-state index contributed by atoms with van der Waals surface area (Å²) in [6, 6.07) is 0.272. The van der Waals surface area contributed by atoms with E-state index in [-0.39, 0.29) is 6.04 Å². The van der Waals surface area contributed by atoms with Gasteiger partial charge in [0.05, 0.1) is 11.5 Å². The van der Waals surface area contributed by atoms with Crippen LogP contribution in [0.2, 0.25) is 0 Å². The summed E-state index contributed by atoms with van der Waals surface area (Å²) >= 11 is 0. The van der Waals surface area contributed by atoms with Gasteiger partial charge >= 0.3 is 0 Å². The van der Waals surface area contributed by atoms with E-state index in [4.69, 9.17) is 0 Å². The predicted octanol–water partition coefficient (Wildman–Crippen LogP) is -0.217. The van der Waals surface area contributed by atoms with Crippen molar-refractivity contribution >= 4 is 9.84 Å². The number of sulfone groups is 1. The number of rotatable bonds is 0. The van der Waals surface area contributed by atoms with Gasteiger partial charge in [-0.2, -0.15) is 0 Å². The van der Waals surface area contributed by atoms with E-state index in [1.165, 1.54) is 0 Å². The second kappa shape index (κ2) is 2.45. The maximum absolute atomic E-state index is 11.2. The molecule has 2 aliphatic rings. The normalized spacial score (nSPS) is 41.8. The van der Waals surface area contributed by atoms with Crippen LogP contribution in [0.25, 0.3) is 0 Å². The molecule has 0 aliphatic carbocycles. The lowest BCUT2D eigenvalue weighted by Crippen LogP contribution is -2.40. The summed E-state index contributed by atoms with van der Waals surface area (Å²) in [6.07, 6.45) is 2.23. The second-order valence-corrected chi connectivity index (χ2v) is 5.69. The molecule has 0 unspecified atom stereocenters. The highest BCUT2D eigenvalue weighted by atomic mass is 32.2. The van der Waals surface area contributed by atoms with E-state index in [2.05, 4.69) is 5.32 Å². The molecule has 2 saturated heterocycles. The molecule has 2 fully saturated rings. The molecule has 0 radical (unpaired) electrons. The molecule has 4 heteroatoms. The lowest BCUT2D eigenvalue weighted by Gasteiger charge is -2.24. The molecule has 1 N–H and O–H groups in total. The van der Waals surface area contributed by atoms with E-state index in [0.717, 1.165) is 19.4 Å². The van der Waals surface area contributed by atoms with Crippen LogP contribution in [0.3, 0.4) is 0 Å². The zero-order valence-electron chi connectivity index (χ0n) is 6.41. The van der Waals surface area contributed by atoms with Crippen LogP contribution in [-0.2, 0) is 9.84 Å². The molecule has 2 heterocycles. The Morgan fingerprint density at radius 2 is 2.09 bits per heavy atom. The third-order valence-corrected chi connectivity index (χ3v) is 4.43. The maximum Gasteiger partial charge on any atom is 0.152 e. The fourth-order valence-electron chi connectivity index (χ4n) is 2.08. The summed E-state index contributed by atoms with van der Waals surface area (Å²) < 4.78 is 22.3. The van der Waals surface area contributed by atoms with E-state index < -0.39 is 9.84 Å². The molecule has 3 nitrogen and oxygen atoms in total. The summed E-state index contributed by atoms with van der Waals surface area (Å²) in [5.41, 5.74) is 0. The number of hydrogen-bond donors (Lipinski definition) is 1. The molecule has 0 spiro atoms. The van der Waals surface area contributed by atoms with Gasteiger partial charge < -0.3 is 5.32 Å². The molecule has 2 rings (SSSR count). The van der Waals surface area contributed by atoms with Gasteiger partial charge in [-0.05, 0) is 25.3 Å². The first kappa shape index (κ1) is 7.55. The molecule has 0 saturated carbocycles. The van der Waals surface area contributed by atoms with Gasteiger partial charge in [0.15, 0.2) is 9.84 Å². The minimum atomic E-state index is -2.69. The molecule has 0 aromatic carbocycles. The number of piperidine rings is 1. The summed E-state index contributed by atoms with van der Waals surface area (Å²) in [6.45, 7) is 0.997. The average molecular weight is 175 g/mol. The first-order valence-electron chi connectivity index (χ1n) is 4.11. The van der Waals surface area contributed by atoms with Crippen molar-refractivity contribution in [2.24, 2.45) is 5.92 Å². The van der Waals surface area contributed by atoms with Crippen molar-refractivity contribution < 1.29 is 8.42 Å². The molecular formula is C7H13NO2S. The van der Waals surface area contributed by atoms with Crippen molar-refractivity contribution in [3.05, 3.63) is 0 Å². The first-order chi connectivity index (χ1) is 5.17. The summed E-state index contributed by atoms with van der Waals surface area (Å²) in [4.78, 5) is 0. The largest absolute Gasteiger partial charge is 0.313 e. The Balaban J connectivity index is 2.15. The molecule has 0 aromatic heterocycles. The standard InChI is InChI=1S/C7H13NO2S/c9-11(10)4-6-2-1-3-8-7(6)5-11/h6-8H,1-5H2/t6-,7+/m0/s1. The molecule has 0 aromatic rings. The zero-order valence-corrected chi connectivity index (χ0v) is 7.23.